The highest BCUT2D eigenvalue weighted by molar-refractivity contribution is 6.30. The van der Waals surface area contributed by atoms with Crippen molar-refractivity contribution in [3.63, 3.8) is 0 Å². The van der Waals surface area contributed by atoms with E-state index in [0.29, 0.717) is 5.02 Å². The molecule has 0 aromatic carbocycles. The van der Waals surface area contributed by atoms with Crippen LogP contribution in [-0.2, 0) is 0 Å². The second-order valence-electron chi connectivity index (χ2n) is 3.38. The Morgan fingerprint density at radius 1 is 1.69 bits per heavy atom. The first-order chi connectivity index (χ1) is 6.18. The minimum Gasteiger partial charge on any atom is -0.359 e. The van der Waals surface area contributed by atoms with Gasteiger partial charge in [0.1, 0.15) is 5.82 Å². The maximum absolute atomic E-state index is 5.95. The molecule has 0 bridgehead atoms. The molecule has 0 amide bonds. The number of halogens is 1. The lowest BCUT2D eigenvalue weighted by Crippen LogP contribution is -2.31. The van der Waals surface area contributed by atoms with Gasteiger partial charge in [0.25, 0.3) is 0 Å². The zero-order chi connectivity index (χ0) is 9.42. The smallest absolute Gasteiger partial charge is 0.133 e. The summed E-state index contributed by atoms with van der Waals surface area (Å²) in [6.07, 6.45) is 2.63. The normalized spacial score (nSPS) is 21.5. The molecule has 0 fully saturated rings. The van der Waals surface area contributed by atoms with Crippen LogP contribution in [0, 0.1) is 0 Å². The summed E-state index contributed by atoms with van der Waals surface area (Å²) in [5, 5.41) is 0.657. The summed E-state index contributed by atoms with van der Waals surface area (Å²) >= 11 is 5.85. The summed E-state index contributed by atoms with van der Waals surface area (Å²) in [5.41, 5.74) is 7.01. The molecular formula is C9H12ClN3. The van der Waals surface area contributed by atoms with Gasteiger partial charge in [0, 0.05) is 31.4 Å². The average Bonchev–Trinajstić information content (AvgIpc) is 2.12. The van der Waals surface area contributed by atoms with Crippen molar-refractivity contribution in [3.8, 4) is 0 Å². The Labute approximate surface area is 82.5 Å². The van der Waals surface area contributed by atoms with E-state index >= 15 is 0 Å². The molecule has 1 aromatic rings. The van der Waals surface area contributed by atoms with Crippen molar-refractivity contribution < 1.29 is 0 Å². The quantitative estimate of drug-likeness (QED) is 0.687. The van der Waals surface area contributed by atoms with Crippen LogP contribution in [0.5, 0.6) is 0 Å². The second kappa shape index (κ2) is 3.16. The molecule has 2 heterocycles. The predicted molar refractivity (Wildman–Crippen MR) is 54.1 cm³/mol. The zero-order valence-corrected chi connectivity index (χ0v) is 8.25. The largest absolute Gasteiger partial charge is 0.359 e. The molecule has 1 atom stereocenters. The molecule has 2 N–H and O–H groups in total. The molecule has 4 heteroatoms. The van der Waals surface area contributed by atoms with E-state index in [0.717, 1.165) is 24.3 Å². The van der Waals surface area contributed by atoms with E-state index in [4.69, 9.17) is 17.3 Å². The zero-order valence-electron chi connectivity index (χ0n) is 7.50. The third-order valence-corrected chi connectivity index (χ3v) is 2.61. The summed E-state index contributed by atoms with van der Waals surface area (Å²) in [6.45, 7) is 0.961. The standard InChI is InChI=1S/C9H12ClN3/c1-13-3-2-8(11)7-4-6(10)5-12-9(7)13/h4-5,8H,2-3,11H2,1H3/t8-/m0/s1. The fourth-order valence-corrected chi connectivity index (χ4v) is 1.80. The number of hydrogen-bond acceptors (Lipinski definition) is 3. The molecule has 13 heavy (non-hydrogen) atoms. The molecule has 0 spiro atoms. The summed E-state index contributed by atoms with van der Waals surface area (Å²) in [4.78, 5) is 6.37. The van der Waals surface area contributed by atoms with Crippen molar-refractivity contribution in [2.75, 3.05) is 18.5 Å². The summed E-state index contributed by atoms with van der Waals surface area (Å²) in [6, 6.07) is 1.99. The molecule has 2 rings (SSSR count). The summed E-state index contributed by atoms with van der Waals surface area (Å²) in [7, 11) is 2.02. The van der Waals surface area contributed by atoms with Crippen LogP contribution in [0.25, 0.3) is 0 Å². The van der Waals surface area contributed by atoms with Crippen molar-refractivity contribution in [1.29, 1.82) is 0 Å². The topological polar surface area (TPSA) is 42.1 Å². The van der Waals surface area contributed by atoms with Gasteiger partial charge >= 0.3 is 0 Å². The van der Waals surface area contributed by atoms with Crippen LogP contribution in [0.1, 0.15) is 18.0 Å². The Morgan fingerprint density at radius 3 is 3.23 bits per heavy atom. The Bertz CT molecular complexity index is 327. The van der Waals surface area contributed by atoms with E-state index in [1.54, 1.807) is 6.20 Å². The average molecular weight is 198 g/mol. The molecule has 3 nitrogen and oxygen atoms in total. The first-order valence-corrected chi connectivity index (χ1v) is 4.68. The van der Waals surface area contributed by atoms with Gasteiger partial charge in [0.2, 0.25) is 0 Å². The van der Waals surface area contributed by atoms with E-state index < -0.39 is 0 Å². The van der Waals surface area contributed by atoms with Crippen molar-refractivity contribution in [1.82, 2.24) is 4.98 Å². The molecule has 1 aliphatic rings. The van der Waals surface area contributed by atoms with E-state index in [1.807, 2.05) is 13.1 Å². The lowest BCUT2D eigenvalue weighted by atomic mass is 10.0. The first kappa shape index (κ1) is 8.78. The van der Waals surface area contributed by atoms with Gasteiger partial charge in [-0.1, -0.05) is 11.6 Å². The Kier molecular flexibility index (Phi) is 2.14. The molecular weight excluding hydrogens is 186 g/mol. The SMILES string of the molecule is CN1CC[C@H](N)c2cc(Cl)cnc21. The number of aromatic nitrogens is 1. The molecule has 70 valence electrons. The lowest BCUT2D eigenvalue weighted by Gasteiger charge is -2.29. The molecule has 0 saturated heterocycles. The summed E-state index contributed by atoms with van der Waals surface area (Å²) < 4.78 is 0. The molecule has 0 unspecified atom stereocenters. The van der Waals surface area contributed by atoms with Gasteiger partial charge in [-0.3, -0.25) is 0 Å². The Balaban J connectivity index is 2.50. The number of pyridine rings is 1. The highest BCUT2D eigenvalue weighted by atomic mass is 35.5. The van der Waals surface area contributed by atoms with Gasteiger partial charge in [0.15, 0.2) is 0 Å². The van der Waals surface area contributed by atoms with Crippen molar-refractivity contribution in [2.24, 2.45) is 5.73 Å². The highest BCUT2D eigenvalue weighted by Gasteiger charge is 2.21. The van der Waals surface area contributed by atoms with E-state index in [-0.39, 0.29) is 6.04 Å². The van der Waals surface area contributed by atoms with Gasteiger partial charge < -0.3 is 10.6 Å². The van der Waals surface area contributed by atoms with Gasteiger partial charge in [-0.2, -0.15) is 0 Å². The van der Waals surface area contributed by atoms with Crippen molar-refractivity contribution in [3.05, 3.63) is 22.8 Å². The van der Waals surface area contributed by atoms with Crippen molar-refractivity contribution in [2.45, 2.75) is 12.5 Å². The lowest BCUT2D eigenvalue weighted by molar-refractivity contribution is 0.607. The van der Waals surface area contributed by atoms with Gasteiger partial charge in [0.05, 0.1) is 5.02 Å². The molecule has 0 saturated carbocycles. The van der Waals surface area contributed by atoms with Gasteiger partial charge in [-0.25, -0.2) is 4.98 Å². The number of hydrogen-bond donors (Lipinski definition) is 1. The predicted octanol–water partition coefficient (Wildman–Crippen LogP) is 1.57. The summed E-state index contributed by atoms with van der Waals surface area (Å²) in [5.74, 6) is 0.961. The minimum absolute atomic E-state index is 0.0809. The highest BCUT2D eigenvalue weighted by Crippen LogP contribution is 2.30. The van der Waals surface area contributed by atoms with Gasteiger partial charge in [-0.15, -0.1) is 0 Å². The van der Waals surface area contributed by atoms with E-state index in [9.17, 15) is 0 Å². The Hall–Kier alpha value is -0.800. The van der Waals surface area contributed by atoms with E-state index in [2.05, 4.69) is 9.88 Å². The van der Waals surface area contributed by atoms with E-state index in [1.165, 1.54) is 0 Å². The maximum atomic E-state index is 5.95. The third kappa shape index (κ3) is 1.49. The first-order valence-electron chi connectivity index (χ1n) is 4.30. The van der Waals surface area contributed by atoms with Crippen LogP contribution in [0.3, 0.4) is 0 Å². The second-order valence-corrected chi connectivity index (χ2v) is 3.82. The fraction of sp³-hybridized carbons (Fsp3) is 0.444. The molecule has 1 aromatic heterocycles. The van der Waals surface area contributed by atoms with Crippen LogP contribution >= 0.6 is 11.6 Å². The molecule has 0 aliphatic carbocycles. The van der Waals surface area contributed by atoms with Crippen LogP contribution in [-0.4, -0.2) is 18.6 Å². The molecule has 1 aliphatic heterocycles. The van der Waals surface area contributed by atoms with Gasteiger partial charge in [-0.05, 0) is 12.5 Å². The monoisotopic (exact) mass is 197 g/mol. The van der Waals surface area contributed by atoms with Crippen LogP contribution in [0.4, 0.5) is 5.82 Å². The third-order valence-electron chi connectivity index (χ3n) is 2.40. The van der Waals surface area contributed by atoms with Crippen LogP contribution in [0.15, 0.2) is 12.3 Å². The minimum atomic E-state index is 0.0809. The number of fused-ring (bicyclic) bond motifs is 1. The Morgan fingerprint density at radius 2 is 2.46 bits per heavy atom. The van der Waals surface area contributed by atoms with Crippen molar-refractivity contribution >= 4 is 17.4 Å². The van der Waals surface area contributed by atoms with Crippen LogP contribution in [0.2, 0.25) is 5.02 Å². The number of anilines is 1. The number of rotatable bonds is 0. The fourth-order valence-electron chi connectivity index (χ4n) is 1.63. The maximum Gasteiger partial charge on any atom is 0.133 e. The number of nitrogens with zero attached hydrogens (tertiary/aromatic N) is 2. The molecule has 0 radical (unpaired) electrons. The number of nitrogens with two attached hydrogens (primary N) is 1. The van der Waals surface area contributed by atoms with Crippen LogP contribution < -0.4 is 10.6 Å².